The Morgan fingerprint density at radius 2 is 1.68 bits per heavy atom. The Balaban J connectivity index is 1.74. The largest absolute Gasteiger partial charge is 0.326 e. The molecule has 22 heavy (non-hydrogen) atoms. The first-order valence-electron chi connectivity index (χ1n) is 6.66. The topological polar surface area (TPSA) is 29.1 Å². The first kappa shape index (κ1) is 16.8. The van der Waals surface area contributed by atoms with Crippen molar-refractivity contribution in [2.45, 2.75) is 22.0 Å². The standard InChI is InChI=1S/C16H15F2NOS2/c17-16(18)22-14-8-6-12(7-9-14)19-15(20)10-11-21-13-4-2-1-3-5-13/h1-9,16H,10-11H2,(H,19,20). The summed E-state index contributed by atoms with van der Waals surface area (Å²) in [4.78, 5) is 13.4. The van der Waals surface area contributed by atoms with Gasteiger partial charge >= 0.3 is 0 Å². The van der Waals surface area contributed by atoms with E-state index < -0.39 is 5.76 Å². The van der Waals surface area contributed by atoms with Gasteiger partial charge in [-0.15, -0.1) is 11.8 Å². The fourth-order valence-electron chi connectivity index (χ4n) is 1.72. The second kappa shape index (κ2) is 8.80. The molecule has 0 atom stereocenters. The van der Waals surface area contributed by atoms with Gasteiger partial charge in [-0.3, -0.25) is 4.79 Å². The minimum absolute atomic E-state index is 0.0855. The van der Waals surface area contributed by atoms with Crippen LogP contribution in [0.25, 0.3) is 0 Å². The van der Waals surface area contributed by atoms with Crippen molar-refractivity contribution in [3.05, 3.63) is 54.6 Å². The van der Waals surface area contributed by atoms with Crippen molar-refractivity contribution in [1.29, 1.82) is 0 Å². The number of amides is 1. The smallest absolute Gasteiger partial charge is 0.288 e. The molecule has 2 aromatic carbocycles. The number of alkyl halides is 2. The predicted molar refractivity (Wildman–Crippen MR) is 88.7 cm³/mol. The van der Waals surface area contributed by atoms with Crippen molar-refractivity contribution in [3.8, 4) is 0 Å². The summed E-state index contributed by atoms with van der Waals surface area (Å²) in [5, 5.41) is 2.76. The maximum absolute atomic E-state index is 12.2. The van der Waals surface area contributed by atoms with E-state index >= 15 is 0 Å². The molecule has 1 amide bonds. The highest BCUT2D eigenvalue weighted by Gasteiger charge is 2.06. The van der Waals surface area contributed by atoms with Gasteiger partial charge in [0.25, 0.3) is 5.76 Å². The highest BCUT2D eigenvalue weighted by Crippen LogP contribution is 2.26. The molecule has 6 heteroatoms. The second-order valence-corrected chi connectivity index (χ2v) is 6.59. The average Bonchev–Trinajstić information content (AvgIpc) is 2.50. The third kappa shape index (κ3) is 6.07. The average molecular weight is 339 g/mol. The molecule has 0 unspecified atom stereocenters. The van der Waals surface area contributed by atoms with Gasteiger partial charge in [-0.05, 0) is 36.4 Å². The van der Waals surface area contributed by atoms with Gasteiger partial charge in [0.05, 0.1) is 0 Å². The van der Waals surface area contributed by atoms with Crippen molar-refractivity contribution < 1.29 is 13.6 Å². The molecule has 1 N–H and O–H groups in total. The van der Waals surface area contributed by atoms with Crippen LogP contribution in [0.3, 0.4) is 0 Å². The Morgan fingerprint density at radius 1 is 1.00 bits per heavy atom. The number of hydrogen-bond acceptors (Lipinski definition) is 3. The summed E-state index contributed by atoms with van der Waals surface area (Å²) < 4.78 is 24.4. The molecule has 2 aromatic rings. The number of rotatable bonds is 7. The normalized spacial score (nSPS) is 10.7. The van der Waals surface area contributed by atoms with Gasteiger partial charge in [0.1, 0.15) is 0 Å². The van der Waals surface area contributed by atoms with Crippen LogP contribution in [0.2, 0.25) is 0 Å². The van der Waals surface area contributed by atoms with Gasteiger partial charge in [-0.1, -0.05) is 30.0 Å². The molecular formula is C16H15F2NOS2. The Hall–Kier alpha value is -1.53. The van der Waals surface area contributed by atoms with Gasteiger partial charge in [0, 0.05) is 27.7 Å². The first-order chi connectivity index (χ1) is 10.6. The molecule has 0 aliphatic heterocycles. The number of halogens is 2. The Morgan fingerprint density at radius 3 is 2.32 bits per heavy atom. The fraction of sp³-hybridized carbons (Fsp3) is 0.188. The van der Waals surface area contributed by atoms with E-state index in [9.17, 15) is 13.6 Å². The van der Waals surface area contributed by atoms with E-state index in [1.54, 1.807) is 36.0 Å². The molecule has 0 fully saturated rings. The van der Waals surface area contributed by atoms with Crippen molar-refractivity contribution in [2.75, 3.05) is 11.1 Å². The van der Waals surface area contributed by atoms with E-state index in [4.69, 9.17) is 0 Å². The van der Waals surface area contributed by atoms with Crippen LogP contribution in [-0.4, -0.2) is 17.4 Å². The molecular weight excluding hydrogens is 324 g/mol. The lowest BCUT2D eigenvalue weighted by Crippen LogP contribution is -2.12. The summed E-state index contributed by atoms with van der Waals surface area (Å²) in [6, 6.07) is 16.3. The van der Waals surface area contributed by atoms with Crippen molar-refractivity contribution in [3.63, 3.8) is 0 Å². The lowest BCUT2D eigenvalue weighted by Gasteiger charge is -2.06. The maximum atomic E-state index is 12.2. The number of hydrogen-bond donors (Lipinski definition) is 1. The molecule has 0 bridgehead atoms. The Labute approximate surface area is 136 Å². The molecule has 0 aliphatic rings. The number of anilines is 1. The molecule has 0 aromatic heterocycles. The quantitative estimate of drug-likeness (QED) is 0.710. The van der Waals surface area contributed by atoms with E-state index in [2.05, 4.69) is 5.32 Å². The number of benzene rings is 2. The van der Waals surface area contributed by atoms with Crippen LogP contribution in [0.1, 0.15) is 6.42 Å². The van der Waals surface area contributed by atoms with Gasteiger partial charge in [0.2, 0.25) is 5.91 Å². The summed E-state index contributed by atoms with van der Waals surface area (Å²) in [7, 11) is 0. The monoisotopic (exact) mass is 339 g/mol. The number of nitrogens with one attached hydrogen (secondary N) is 1. The summed E-state index contributed by atoms with van der Waals surface area (Å²) in [6.45, 7) is 0. The fourth-order valence-corrected chi connectivity index (χ4v) is 3.09. The summed E-state index contributed by atoms with van der Waals surface area (Å²) in [5.41, 5.74) is 0.619. The zero-order chi connectivity index (χ0) is 15.8. The van der Waals surface area contributed by atoms with Crippen LogP contribution in [0.5, 0.6) is 0 Å². The minimum Gasteiger partial charge on any atom is -0.326 e. The van der Waals surface area contributed by atoms with E-state index in [-0.39, 0.29) is 5.91 Å². The number of carbonyl (C=O) groups is 1. The molecule has 0 radical (unpaired) electrons. The van der Waals surface area contributed by atoms with Crippen molar-refractivity contribution in [2.24, 2.45) is 0 Å². The molecule has 0 spiro atoms. The molecule has 116 valence electrons. The van der Waals surface area contributed by atoms with Crippen LogP contribution < -0.4 is 5.32 Å². The summed E-state index contributed by atoms with van der Waals surface area (Å²) in [5.74, 6) is -1.83. The van der Waals surface area contributed by atoms with Gasteiger partial charge in [-0.25, -0.2) is 0 Å². The first-order valence-corrected chi connectivity index (χ1v) is 8.52. The van der Waals surface area contributed by atoms with E-state index in [1.165, 1.54) is 0 Å². The van der Waals surface area contributed by atoms with Crippen LogP contribution in [0, 0.1) is 0 Å². The molecule has 2 rings (SSSR count). The van der Waals surface area contributed by atoms with Gasteiger partial charge in [0.15, 0.2) is 0 Å². The molecule has 0 saturated carbocycles. The SMILES string of the molecule is O=C(CCSc1ccccc1)Nc1ccc(SC(F)F)cc1. The second-order valence-electron chi connectivity index (χ2n) is 4.36. The highest BCUT2D eigenvalue weighted by molar-refractivity contribution is 7.99. The zero-order valence-corrected chi connectivity index (χ0v) is 13.3. The van der Waals surface area contributed by atoms with Gasteiger partial charge in [-0.2, -0.15) is 8.78 Å². The third-order valence-electron chi connectivity index (χ3n) is 2.70. The van der Waals surface area contributed by atoms with Crippen LogP contribution >= 0.6 is 23.5 Å². The lowest BCUT2D eigenvalue weighted by atomic mass is 10.3. The van der Waals surface area contributed by atoms with Gasteiger partial charge < -0.3 is 5.32 Å². The van der Waals surface area contributed by atoms with Crippen molar-refractivity contribution in [1.82, 2.24) is 0 Å². The van der Waals surface area contributed by atoms with E-state index in [0.29, 0.717) is 34.5 Å². The number of thioether (sulfide) groups is 2. The summed E-state index contributed by atoms with van der Waals surface area (Å²) >= 11 is 2.11. The summed E-state index contributed by atoms with van der Waals surface area (Å²) in [6.07, 6.45) is 0.396. The van der Waals surface area contributed by atoms with E-state index in [0.717, 1.165) is 4.90 Å². The van der Waals surface area contributed by atoms with Crippen LogP contribution in [0.4, 0.5) is 14.5 Å². The zero-order valence-electron chi connectivity index (χ0n) is 11.7. The third-order valence-corrected chi connectivity index (χ3v) is 4.44. The molecule has 0 aliphatic carbocycles. The van der Waals surface area contributed by atoms with E-state index in [1.807, 2.05) is 30.3 Å². The predicted octanol–water partition coefficient (Wildman–Crippen LogP) is 5.12. The molecule has 2 nitrogen and oxygen atoms in total. The van der Waals surface area contributed by atoms with Crippen LogP contribution in [0.15, 0.2) is 64.4 Å². The number of carbonyl (C=O) groups excluding carboxylic acids is 1. The van der Waals surface area contributed by atoms with Crippen molar-refractivity contribution >= 4 is 35.1 Å². The lowest BCUT2D eigenvalue weighted by molar-refractivity contribution is -0.115. The molecule has 0 heterocycles. The van der Waals surface area contributed by atoms with Crippen LogP contribution in [-0.2, 0) is 4.79 Å². The minimum atomic E-state index is -2.43. The maximum Gasteiger partial charge on any atom is 0.288 e. The molecule has 0 saturated heterocycles. The Kier molecular flexibility index (Phi) is 6.74. The highest BCUT2D eigenvalue weighted by atomic mass is 32.2. The Bertz CT molecular complexity index is 591.